The molecule has 3 rings (SSSR count). The third-order valence-electron chi connectivity index (χ3n) is 3.85. The van der Waals surface area contributed by atoms with Crippen molar-refractivity contribution < 1.29 is 24.3 Å². The summed E-state index contributed by atoms with van der Waals surface area (Å²) < 4.78 is 0. The number of amides is 3. The third kappa shape index (κ3) is 2.99. The molecular weight excluding hydrogens is 324 g/mol. The number of carbonyl (C=O) groups is 4. The number of anilines is 1. The minimum atomic E-state index is -1.43. The lowest BCUT2D eigenvalue weighted by Gasteiger charge is -2.16. The number of imide groups is 1. The van der Waals surface area contributed by atoms with Crippen molar-refractivity contribution in [1.29, 1.82) is 0 Å². The Balaban J connectivity index is 1.78. The van der Waals surface area contributed by atoms with Crippen LogP contribution in [-0.4, -0.2) is 35.1 Å². The molecule has 2 aromatic carbocycles. The molecule has 0 spiro atoms. The second-order valence-electron chi connectivity index (χ2n) is 5.63. The van der Waals surface area contributed by atoms with Gasteiger partial charge in [-0.3, -0.25) is 19.3 Å². The number of fused-ring (bicyclic) bond motifs is 1. The van der Waals surface area contributed by atoms with Crippen molar-refractivity contribution in [3.8, 4) is 0 Å². The molecule has 126 valence electrons. The second-order valence-corrected chi connectivity index (χ2v) is 5.63. The summed E-state index contributed by atoms with van der Waals surface area (Å²) in [5.74, 6) is -3.22. The van der Waals surface area contributed by atoms with Gasteiger partial charge < -0.3 is 15.2 Å². The number of hydrogen-bond donors (Lipinski definition) is 1. The van der Waals surface area contributed by atoms with E-state index in [0.717, 1.165) is 4.90 Å². The number of aromatic carboxylic acids is 1. The Kier molecular flexibility index (Phi) is 4.06. The number of nitrogens with one attached hydrogen (secondary N) is 1. The Morgan fingerprint density at radius 1 is 1.04 bits per heavy atom. The van der Waals surface area contributed by atoms with Crippen LogP contribution in [0.4, 0.5) is 5.69 Å². The van der Waals surface area contributed by atoms with Crippen molar-refractivity contribution in [2.75, 3.05) is 11.9 Å². The summed E-state index contributed by atoms with van der Waals surface area (Å²) in [6.45, 7) is 1.20. The average molecular weight is 337 g/mol. The summed E-state index contributed by atoms with van der Waals surface area (Å²) in [6, 6.07) is 10.7. The van der Waals surface area contributed by atoms with Gasteiger partial charge in [0.1, 0.15) is 6.54 Å². The van der Waals surface area contributed by atoms with E-state index in [4.69, 9.17) is 0 Å². The predicted octanol–water partition coefficient (Wildman–Crippen LogP) is 0.593. The van der Waals surface area contributed by atoms with Gasteiger partial charge in [0.25, 0.3) is 11.8 Å². The Bertz CT molecular complexity index is 884. The molecule has 7 nitrogen and oxygen atoms in total. The Morgan fingerprint density at radius 3 is 2.20 bits per heavy atom. The summed E-state index contributed by atoms with van der Waals surface area (Å²) in [5.41, 5.74) is 1.05. The van der Waals surface area contributed by atoms with E-state index in [2.05, 4.69) is 5.32 Å². The molecule has 0 unspecified atom stereocenters. The van der Waals surface area contributed by atoms with E-state index in [1.807, 2.05) is 0 Å². The summed E-state index contributed by atoms with van der Waals surface area (Å²) in [7, 11) is 0. The smallest absolute Gasteiger partial charge is 0.262 e. The molecule has 0 bridgehead atoms. The maximum absolute atomic E-state index is 12.2. The summed E-state index contributed by atoms with van der Waals surface area (Å²) in [6.07, 6.45) is 0. The number of carbonyl (C=O) groups excluding carboxylic acids is 4. The van der Waals surface area contributed by atoms with Crippen LogP contribution in [0, 0.1) is 6.92 Å². The highest BCUT2D eigenvalue weighted by Crippen LogP contribution is 2.22. The standard InChI is InChI=1S/C18H14N2O5/c1-10-6-7-14(13(8-10)18(24)25)19-15(21)9-20-16(22)11-4-2-3-5-12(11)17(20)23/h2-8H,9H2,1H3,(H,19,21)(H,24,25)/p-1. The van der Waals surface area contributed by atoms with Crippen molar-refractivity contribution in [2.24, 2.45) is 0 Å². The van der Waals surface area contributed by atoms with Gasteiger partial charge in [0.15, 0.2) is 0 Å². The minimum absolute atomic E-state index is 0.0483. The molecule has 1 aliphatic heterocycles. The summed E-state index contributed by atoms with van der Waals surface area (Å²) in [5, 5.41) is 13.6. The van der Waals surface area contributed by atoms with Gasteiger partial charge >= 0.3 is 0 Å². The van der Waals surface area contributed by atoms with Crippen LogP contribution in [0.25, 0.3) is 0 Å². The van der Waals surface area contributed by atoms with Crippen LogP contribution in [-0.2, 0) is 4.79 Å². The lowest BCUT2D eigenvalue weighted by molar-refractivity contribution is -0.254. The molecule has 7 heteroatoms. The highest BCUT2D eigenvalue weighted by molar-refractivity contribution is 6.22. The summed E-state index contributed by atoms with van der Waals surface area (Å²) >= 11 is 0. The van der Waals surface area contributed by atoms with Crippen LogP contribution < -0.4 is 10.4 Å². The second kappa shape index (κ2) is 6.20. The third-order valence-corrected chi connectivity index (χ3v) is 3.85. The quantitative estimate of drug-likeness (QED) is 0.822. The molecule has 25 heavy (non-hydrogen) atoms. The van der Waals surface area contributed by atoms with Crippen molar-refractivity contribution in [3.63, 3.8) is 0 Å². The van der Waals surface area contributed by atoms with Crippen LogP contribution >= 0.6 is 0 Å². The molecular formula is C18H13N2O5-. The SMILES string of the molecule is Cc1ccc(NC(=O)CN2C(=O)c3ccccc3C2=O)c(C(=O)[O-])c1. The first-order valence-electron chi connectivity index (χ1n) is 7.45. The minimum Gasteiger partial charge on any atom is -0.545 e. The van der Waals surface area contributed by atoms with Crippen LogP contribution in [0.1, 0.15) is 36.6 Å². The first-order chi connectivity index (χ1) is 11.9. The molecule has 0 saturated heterocycles. The van der Waals surface area contributed by atoms with E-state index in [1.165, 1.54) is 24.3 Å². The normalized spacial score (nSPS) is 12.9. The zero-order valence-electron chi connectivity index (χ0n) is 13.2. The van der Waals surface area contributed by atoms with Gasteiger partial charge in [-0.15, -0.1) is 0 Å². The van der Waals surface area contributed by atoms with Gasteiger partial charge in [0.05, 0.1) is 17.1 Å². The Hall–Kier alpha value is -3.48. The van der Waals surface area contributed by atoms with E-state index >= 15 is 0 Å². The van der Waals surface area contributed by atoms with E-state index < -0.39 is 30.2 Å². The zero-order chi connectivity index (χ0) is 18.1. The fourth-order valence-electron chi connectivity index (χ4n) is 2.65. The number of nitrogens with zero attached hydrogens (tertiary/aromatic N) is 1. The van der Waals surface area contributed by atoms with Crippen molar-refractivity contribution in [3.05, 3.63) is 64.7 Å². The average Bonchev–Trinajstić information content (AvgIpc) is 2.82. The monoisotopic (exact) mass is 337 g/mol. The highest BCUT2D eigenvalue weighted by Gasteiger charge is 2.36. The van der Waals surface area contributed by atoms with Crippen LogP contribution in [0.15, 0.2) is 42.5 Å². The fourth-order valence-corrected chi connectivity index (χ4v) is 2.65. The van der Waals surface area contributed by atoms with Crippen molar-refractivity contribution in [2.45, 2.75) is 6.92 Å². The number of carboxylic acids is 1. The van der Waals surface area contributed by atoms with Crippen molar-refractivity contribution in [1.82, 2.24) is 4.90 Å². The van der Waals surface area contributed by atoms with Crippen LogP contribution in [0.2, 0.25) is 0 Å². The van der Waals surface area contributed by atoms with Gasteiger partial charge in [-0.05, 0) is 31.2 Å². The number of hydrogen-bond acceptors (Lipinski definition) is 5. The van der Waals surface area contributed by atoms with Gasteiger partial charge in [-0.25, -0.2) is 0 Å². The Morgan fingerprint density at radius 2 is 1.64 bits per heavy atom. The zero-order valence-corrected chi connectivity index (χ0v) is 13.2. The molecule has 0 aliphatic carbocycles. The van der Waals surface area contributed by atoms with E-state index in [0.29, 0.717) is 5.56 Å². The van der Waals surface area contributed by atoms with Crippen LogP contribution in [0.5, 0.6) is 0 Å². The molecule has 1 N–H and O–H groups in total. The maximum Gasteiger partial charge on any atom is 0.262 e. The van der Waals surface area contributed by atoms with E-state index in [-0.39, 0.29) is 22.4 Å². The van der Waals surface area contributed by atoms with Gasteiger partial charge in [-0.2, -0.15) is 0 Å². The number of rotatable bonds is 4. The first-order valence-corrected chi connectivity index (χ1v) is 7.45. The number of carboxylic acid groups (broad SMARTS) is 1. The topological polar surface area (TPSA) is 107 Å². The van der Waals surface area contributed by atoms with Gasteiger partial charge in [0, 0.05) is 11.3 Å². The fraction of sp³-hybridized carbons (Fsp3) is 0.111. The number of benzene rings is 2. The van der Waals surface area contributed by atoms with Crippen LogP contribution in [0.3, 0.4) is 0 Å². The molecule has 0 radical (unpaired) electrons. The molecule has 0 saturated carbocycles. The molecule has 1 aliphatic rings. The molecule has 2 aromatic rings. The largest absolute Gasteiger partial charge is 0.545 e. The number of aryl methyl sites for hydroxylation is 1. The lowest BCUT2D eigenvalue weighted by atomic mass is 10.1. The molecule has 3 amide bonds. The first kappa shape index (κ1) is 16.4. The Labute approximate surface area is 142 Å². The van der Waals surface area contributed by atoms with E-state index in [9.17, 15) is 24.3 Å². The van der Waals surface area contributed by atoms with Crippen molar-refractivity contribution >= 4 is 29.4 Å². The van der Waals surface area contributed by atoms with E-state index in [1.54, 1.807) is 25.1 Å². The van der Waals surface area contributed by atoms with Gasteiger partial charge in [0.2, 0.25) is 5.91 Å². The lowest BCUT2D eigenvalue weighted by Crippen LogP contribution is -2.37. The van der Waals surface area contributed by atoms with Gasteiger partial charge in [-0.1, -0.05) is 23.8 Å². The maximum atomic E-state index is 12.2. The predicted molar refractivity (Wildman–Crippen MR) is 85.9 cm³/mol. The molecule has 0 aromatic heterocycles. The molecule has 0 fully saturated rings. The molecule has 1 heterocycles. The highest BCUT2D eigenvalue weighted by atomic mass is 16.4. The summed E-state index contributed by atoms with van der Waals surface area (Å²) in [4.78, 5) is 48.7. The molecule has 0 atom stereocenters.